The molecule has 0 saturated carbocycles. The molecule has 1 aromatic carbocycles. The van der Waals surface area contributed by atoms with E-state index in [1.807, 2.05) is 38.1 Å². The third-order valence-electron chi connectivity index (χ3n) is 2.91. The molecule has 0 fully saturated rings. The summed E-state index contributed by atoms with van der Waals surface area (Å²) in [5.74, 6) is 0.382. The minimum atomic E-state index is -2.87. The van der Waals surface area contributed by atoms with Crippen molar-refractivity contribution >= 4 is 15.4 Å². The maximum atomic E-state index is 11.4. The highest BCUT2D eigenvalue weighted by Crippen LogP contribution is 2.26. The van der Waals surface area contributed by atoms with E-state index in [4.69, 9.17) is 0 Å². The summed E-state index contributed by atoms with van der Waals surface area (Å²) in [5, 5.41) is 0. The van der Waals surface area contributed by atoms with Gasteiger partial charge in [-0.2, -0.15) is 0 Å². The Kier molecular flexibility index (Phi) is 2.43. The summed E-state index contributed by atoms with van der Waals surface area (Å²) in [7, 11) is -2.87. The van der Waals surface area contributed by atoms with Crippen LogP contribution in [-0.2, 0) is 9.84 Å². The zero-order chi connectivity index (χ0) is 11.1. The zero-order valence-corrected chi connectivity index (χ0v) is 9.76. The third kappa shape index (κ3) is 1.97. The Balaban J connectivity index is 2.45. The van der Waals surface area contributed by atoms with Crippen LogP contribution < -0.4 is 0 Å². The van der Waals surface area contributed by atoms with Crippen molar-refractivity contribution in [2.24, 2.45) is 0 Å². The second kappa shape index (κ2) is 3.49. The highest BCUT2D eigenvalue weighted by Gasteiger charge is 2.21. The number of hydrogen-bond acceptors (Lipinski definition) is 2. The Morgan fingerprint density at radius 2 is 1.93 bits per heavy atom. The summed E-state index contributed by atoms with van der Waals surface area (Å²) in [6.45, 7) is 4.08. The van der Waals surface area contributed by atoms with E-state index in [2.05, 4.69) is 0 Å². The molecule has 0 N–H and O–H groups in total. The Morgan fingerprint density at radius 3 is 2.53 bits per heavy atom. The van der Waals surface area contributed by atoms with E-state index in [1.165, 1.54) is 11.1 Å². The molecule has 2 rings (SSSR count). The molecule has 0 saturated heterocycles. The Labute approximate surface area is 90.6 Å². The van der Waals surface area contributed by atoms with Crippen molar-refractivity contribution in [2.45, 2.75) is 13.8 Å². The van der Waals surface area contributed by atoms with Crippen molar-refractivity contribution in [2.75, 3.05) is 11.5 Å². The first kappa shape index (κ1) is 10.4. The average molecular weight is 222 g/mol. The van der Waals surface area contributed by atoms with Crippen LogP contribution in [0.5, 0.6) is 0 Å². The molecule has 0 spiro atoms. The molecule has 1 aliphatic heterocycles. The van der Waals surface area contributed by atoms with Gasteiger partial charge in [-0.05, 0) is 36.1 Å². The van der Waals surface area contributed by atoms with Crippen LogP contribution in [0.3, 0.4) is 0 Å². The van der Waals surface area contributed by atoms with E-state index in [0.29, 0.717) is 0 Å². The van der Waals surface area contributed by atoms with Crippen LogP contribution in [0.25, 0.3) is 5.57 Å². The van der Waals surface area contributed by atoms with Crippen LogP contribution in [0, 0.1) is 13.8 Å². The summed E-state index contributed by atoms with van der Waals surface area (Å²) in [5.41, 5.74) is 4.42. The summed E-state index contributed by atoms with van der Waals surface area (Å²) in [6.07, 6.45) is 1.83. The van der Waals surface area contributed by atoms with Crippen LogP contribution >= 0.6 is 0 Å². The standard InChI is InChI=1S/C12H14O2S/c1-9-4-3-5-12(10(9)2)11-6-7-15(13,14)8-11/h3-6H,7-8H2,1-2H3. The van der Waals surface area contributed by atoms with Gasteiger partial charge in [-0.25, -0.2) is 8.42 Å². The smallest absolute Gasteiger partial charge is 0.158 e. The minimum absolute atomic E-state index is 0.190. The lowest BCUT2D eigenvalue weighted by molar-refractivity contribution is 0.603. The van der Waals surface area contributed by atoms with Gasteiger partial charge in [0.25, 0.3) is 0 Å². The fraction of sp³-hybridized carbons (Fsp3) is 0.333. The fourth-order valence-electron chi connectivity index (χ4n) is 1.87. The van der Waals surface area contributed by atoms with Crippen LogP contribution in [0.4, 0.5) is 0 Å². The molecule has 0 unspecified atom stereocenters. The van der Waals surface area contributed by atoms with Gasteiger partial charge in [0.1, 0.15) is 0 Å². The van der Waals surface area contributed by atoms with Crippen molar-refractivity contribution in [3.63, 3.8) is 0 Å². The fourth-order valence-corrected chi connectivity index (χ4v) is 3.19. The first-order chi connectivity index (χ1) is 6.99. The lowest BCUT2D eigenvalue weighted by Crippen LogP contribution is -2.03. The lowest BCUT2D eigenvalue weighted by Gasteiger charge is -2.08. The summed E-state index contributed by atoms with van der Waals surface area (Å²) in [4.78, 5) is 0. The van der Waals surface area contributed by atoms with E-state index in [0.717, 1.165) is 11.1 Å². The van der Waals surface area contributed by atoms with E-state index in [-0.39, 0.29) is 11.5 Å². The van der Waals surface area contributed by atoms with E-state index in [9.17, 15) is 8.42 Å². The molecule has 0 aromatic heterocycles. The van der Waals surface area contributed by atoms with Crippen LogP contribution in [0.1, 0.15) is 16.7 Å². The number of rotatable bonds is 1. The second-order valence-electron chi connectivity index (χ2n) is 4.03. The molecule has 15 heavy (non-hydrogen) atoms. The van der Waals surface area contributed by atoms with Crippen molar-refractivity contribution in [1.29, 1.82) is 0 Å². The van der Waals surface area contributed by atoms with Gasteiger partial charge in [0.15, 0.2) is 9.84 Å². The van der Waals surface area contributed by atoms with Crippen LogP contribution in [0.2, 0.25) is 0 Å². The van der Waals surface area contributed by atoms with Gasteiger partial charge in [-0.15, -0.1) is 0 Å². The number of aryl methyl sites for hydroxylation is 1. The SMILES string of the molecule is Cc1cccc(C2=CCS(=O)(=O)C2)c1C. The first-order valence-electron chi connectivity index (χ1n) is 4.96. The lowest BCUT2D eigenvalue weighted by atomic mass is 9.98. The van der Waals surface area contributed by atoms with Gasteiger partial charge in [0.05, 0.1) is 11.5 Å². The van der Waals surface area contributed by atoms with Crippen LogP contribution in [0.15, 0.2) is 24.3 Å². The van der Waals surface area contributed by atoms with Gasteiger partial charge in [0.2, 0.25) is 0 Å². The molecule has 0 aliphatic carbocycles. The van der Waals surface area contributed by atoms with Crippen molar-refractivity contribution < 1.29 is 8.42 Å². The van der Waals surface area contributed by atoms with Crippen molar-refractivity contribution in [1.82, 2.24) is 0 Å². The number of hydrogen-bond donors (Lipinski definition) is 0. The topological polar surface area (TPSA) is 34.1 Å². The molecule has 1 aliphatic rings. The molecule has 1 heterocycles. The maximum Gasteiger partial charge on any atom is 0.158 e. The molecular weight excluding hydrogens is 208 g/mol. The minimum Gasteiger partial charge on any atom is -0.228 e. The number of sulfone groups is 1. The Bertz CT molecular complexity index is 525. The van der Waals surface area contributed by atoms with E-state index in [1.54, 1.807) is 0 Å². The highest BCUT2D eigenvalue weighted by atomic mass is 32.2. The second-order valence-corrected chi connectivity index (χ2v) is 6.14. The summed E-state index contributed by atoms with van der Waals surface area (Å²) < 4.78 is 22.7. The third-order valence-corrected chi connectivity index (χ3v) is 4.34. The molecule has 0 amide bonds. The largest absolute Gasteiger partial charge is 0.228 e. The Morgan fingerprint density at radius 1 is 1.20 bits per heavy atom. The van der Waals surface area contributed by atoms with Gasteiger partial charge >= 0.3 is 0 Å². The molecule has 3 heteroatoms. The molecule has 0 radical (unpaired) electrons. The predicted molar refractivity (Wildman–Crippen MR) is 62.5 cm³/mol. The Hall–Kier alpha value is -1.09. The molecule has 1 aromatic rings. The average Bonchev–Trinajstić information content (AvgIpc) is 2.51. The molecule has 0 atom stereocenters. The molecule has 0 bridgehead atoms. The van der Waals surface area contributed by atoms with Gasteiger partial charge in [-0.3, -0.25) is 0 Å². The predicted octanol–water partition coefficient (Wildman–Crippen LogP) is 2.12. The highest BCUT2D eigenvalue weighted by molar-refractivity contribution is 7.92. The molecule has 2 nitrogen and oxygen atoms in total. The van der Waals surface area contributed by atoms with Crippen LogP contribution in [-0.4, -0.2) is 19.9 Å². The normalized spacial score (nSPS) is 18.9. The van der Waals surface area contributed by atoms with Gasteiger partial charge in [0, 0.05) is 0 Å². The van der Waals surface area contributed by atoms with E-state index < -0.39 is 9.84 Å². The number of benzene rings is 1. The van der Waals surface area contributed by atoms with E-state index >= 15 is 0 Å². The summed E-state index contributed by atoms with van der Waals surface area (Å²) >= 11 is 0. The monoisotopic (exact) mass is 222 g/mol. The van der Waals surface area contributed by atoms with Gasteiger partial charge < -0.3 is 0 Å². The molecule has 80 valence electrons. The zero-order valence-electron chi connectivity index (χ0n) is 8.95. The summed E-state index contributed by atoms with van der Waals surface area (Å²) in [6, 6.07) is 6.02. The maximum absolute atomic E-state index is 11.4. The molecular formula is C12H14O2S. The quantitative estimate of drug-likeness (QED) is 0.729. The van der Waals surface area contributed by atoms with Crippen molar-refractivity contribution in [3.05, 3.63) is 41.0 Å². The first-order valence-corrected chi connectivity index (χ1v) is 6.78. The van der Waals surface area contributed by atoms with Gasteiger partial charge in [-0.1, -0.05) is 24.3 Å². The van der Waals surface area contributed by atoms with Crippen molar-refractivity contribution in [3.8, 4) is 0 Å².